The molecule has 1 aromatic carbocycles. The number of hydrogen-bond donors (Lipinski definition) is 1. The quantitative estimate of drug-likeness (QED) is 0.891. The Balaban J connectivity index is 1.97. The van der Waals surface area contributed by atoms with Crippen molar-refractivity contribution in [3.63, 3.8) is 0 Å². The van der Waals surface area contributed by atoms with Gasteiger partial charge in [0.1, 0.15) is 0 Å². The summed E-state index contributed by atoms with van der Waals surface area (Å²) in [6, 6.07) is 8.58. The monoisotopic (exact) mass is 280 g/mol. The molecule has 1 aliphatic rings. The summed E-state index contributed by atoms with van der Waals surface area (Å²) < 4.78 is 0. The predicted molar refractivity (Wildman–Crippen MR) is 82.4 cm³/mol. The van der Waals surface area contributed by atoms with E-state index in [0.29, 0.717) is 12.0 Å². The minimum atomic E-state index is 0.401. The molecular weight excluding hydrogens is 256 g/mol. The molecule has 0 saturated heterocycles. The topological polar surface area (TPSA) is 29.3 Å². The molecule has 3 unspecified atom stereocenters. The Bertz CT molecular complexity index is 407. The summed E-state index contributed by atoms with van der Waals surface area (Å²) in [4.78, 5) is 2.43. The highest BCUT2D eigenvalue weighted by molar-refractivity contribution is 6.30. The van der Waals surface area contributed by atoms with Crippen molar-refractivity contribution in [1.82, 2.24) is 4.90 Å². The summed E-state index contributed by atoms with van der Waals surface area (Å²) in [5.74, 6) is 1.48. The molecule has 1 fully saturated rings. The molecule has 2 rings (SSSR count). The Labute approximate surface area is 121 Å². The largest absolute Gasteiger partial charge is 0.330 e. The van der Waals surface area contributed by atoms with Gasteiger partial charge >= 0.3 is 0 Å². The number of hydrogen-bond acceptors (Lipinski definition) is 2. The molecule has 3 atom stereocenters. The van der Waals surface area contributed by atoms with Gasteiger partial charge in [0.25, 0.3) is 0 Å². The van der Waals surface area contributed by atoms with Gasteiger partial charge in [0, 0.05) is 17.6 Å². The zero-order valence-corrected chi connectivity index (χ0v) is 12.7. The zero-order chi connectivity index (χ0) is 13.8. The van der Waals surface area contributed by atoms with Crippen LogP contribution in [0.4, 0.5) is 0 Å². The second-order valence-corrected chi connectivity index (χ2v) is 6.29. The van der Waals surface area contributed by atoms with Crippen LogP contribution in [-0.2, 0) is 0 Å². The lowest BCUT2D eigenvalue weighted by molar-refractivity contribution is 0.197. The summed E-state index contributed by atoms with van der Waals surface area (Å²) in [5.41, 5.74) is 7.16. The molecule has 1 saturated carbocycles. The maximum absolute atomic E-state index is 6.07. The van der Waals surface area contributed by atoms with Crippen LogP contribution in [0.15, 0.2) is 24.3 Å². The average Bonchev–Trinajstić information content (AvgIpc) is 2.85. The summed E-state index contributed by atoms with van der Waals surface area (Å²) in [7, 11) is 2.21. The molecule has 1 aliphatic carbocycles. The lowest BCUT2D eigenvalue weighted by atomic mass is 9.95. The third-order valence-corrected chi connectivity index (χ3v) is 4.87. The van der Waals surface area contributed by atoms with Crippen molar-refractivity contribution in [2.45, 2.75) is 32.2 Å². The summed E-state index contributed by atoms with van der Waals surface area (Å²) >= 11 is 6.07. The van der Waals surface area contributed by atoms with Crippen molar-refractivity contribution in [3.05, 3.63) is 34.9 Å². The fourth-order valence-electron chi connectivity index (χ4n) is 3.21. The Morgan fingerprint density at radius 3 is 2.79 bits per heavy atom. The predicted octanol–water partition coefficient (Wildman–Crippen LogP) is 3.71. The molecule has 0 heterocycles. The highest BCUT2D eigenvalue weighted by Gasteiger charge is 2.28. The van der Waals surface area contributed by atoms with Crippen molar-refractivity contribution in [2.24, 2.45) is 17.6 Å². The Morgan fingerprint density at radius 1 is 1.37 bits per heavy atom. The van der Waals surface area contributed by atoms with Gasteiger partial charge in [-0.1, -0.05) is 30.2 Å². The van der Waals surface area contributed by atoms with Gasteiger partial charge in [0.2, 0.25) is 0 Å². The zero-order valence-electron chi connectivity index (χ0n) is 12.0. The summed E-state index contributed by atoms with van der Waals surface area (Å²) in [5, 5.41) is 0.818. The fraction of sp³-hybridized carbons (Fsp3) is 0.625. The number of benzene rings is 1. The van der Waals surface area contributed by atoms with E-state index in [1.54, 1.807) is 0 Å². The molecule has 0 radical (unpaired) electrons. The number of halogens is 1. The molecule has 106 valence electrons. The van der Waals surface area contributed by atoms with Gasteiger partial charge in [-0.05, 0) is 62.9 Å². The second kappa shape index (κ2) is 6.74. The van der Waals surface area contributed by atoms with E-state index in [9.17, 15) is 0 Å². The number of nitrogens with zero attached hydrogens (tertiary/aromatic N) is 1. The highest BCUT2D eigenvalue weighted by atomic mass is 35.5. The van der Waals surface area contributed by atoms with Crippen molar-refractivity contribution in [3.8, 4) is 0 Å². The maximum Gasteiger partial charge on any atom is 0.0409 e. The van der Waals surface area contributed by atoms with Crippen LogP contribution in [0.25, 0.3) is 0 Å². The average molecular weight is 281 g/mol. The van der Waals surface area contributed by atoms with Gasteiger partial charge < -0.3 is 5.73 Å². The summed E-state index contributed by atoms with van der Waals surface area (Å²) in [6.07, 6.45) is 3.97. The molecule has 3 heteroatoms. The van der Waals surface area contributed by atoms with E-state index < -0.39 is 0 Å². The van der Waals surface area contributed by atoms with E-state index >= 15 is 0 Å². The third kappa shape index (κ3) is 3.71. The smallest absolute Gasteiger partial charge is 0.0409 e. The van der Waals surface area contributed by atoms with Crippen LogP contribution in [0.3, 0.4) is 0 Å². The van der Waals surface area contributed by atoms with Crippen LogP contribution >= 0.6 is 11.6 Å². The van der Waals surface area contributed by atoms with Gasteiger partial charge in [0.15, 0.2) is 0 Å². The first-order valence-electron chi connectivity index (χ1n) is 7.27. The van der Waals surface area contributed by atoms with Crippen LogP contribution in [0.5, 0.6) is 0 Å². The van der Waals surface area contributed by atoms with Crippen molar-refractivity contribution >= 4 is 11.6 Å². The normalized spacial score (nSPS) is 24.9. The molecule has 2 N–H and O–H groups in total. The van der Waals surface area contributed by atoms with E-state index in [1.165, 1.54) is 24.8 Å². The van der Waals surface area contributed by atoms with E-state index in [1.807, 2.05) is 12.1 Å². The molecule has 0 aliphatic heterocycles. The van der Waals surface area contributed by atoms with Gasteiger partial charge in [-0.25, -0.2) is 0 Å². The lowest BCUT2D eigenvalue weighted by Gasteiger charge is -2.30. The molecule has 0 aromatic heterocycles. The Morgan fingerprint density at radius 2 is 2.11 bits per heavy atom. The third-order valence-electron chi connectivity index (χ3n) is 4.63. The second-order valence-electron chi connectivity index (χ2n) is 5.86. The van der Waals surface area contributed by atoms with E-state index in [-0.39, 0.29) is 0 Å². The standard InChI is InChI=1S/C16H25ClN2/c1-12(13-5-4-8-16(17)9-13)19(2)11-15-7-3-6-14(15)10-18/h4-5,8-9,12,14-15H,3,6-7,10-11,18H2,1-2H3. The summed E-state index contributed by atoms with van der Waals surface area (Å²) in [6.45, 7) is 4.22. The lowest BCUT2D eigenvalue weighted by Crippen LogP contribution is -2.32. The fourth-order valence-corrected chi connectivity index (χ4v) is 3.41. The molecule has 19 heavy (non-hydrogen) atoms. The van der Waals surface area contributed by atoms with E-state index in [4.69, 9.17) is 17.3 Å². The Hall–Kier alpha value is -0.570. The highest BCUT2D eigenvalue weighted by Crippen LogP contribution is 2.33. The van der Waals surface area contributed by atoms with Crippen LogP contribution in [-0.4, -0.2) is 25.0 Å². The van der Waals surface area contributed by atoms with E-state index in [2.05, 4.69) is 31.0 Å². The Kier molecular flexibility index (Phi) is 5.26. The van der Waals surface area contributed by atoms with Crippen molar-refractivity contribution in [2.75, 3.05) is 20.1 Å². The maximum atomic E-state index is 6.07. The molecule has 0 amide bonds. The van der Waals surface area contributed by atoms with Gasteiger partial charge in [-0.15, -0.1) is 0 Å². The molecular formula is C16H25ClN2. The molecule has 0 spiro atoms. The first-order valence-corrected chi connectivity index (χ1v) is 7.65. The van der Waals surface area contributed by atoms with Gasteiger partial charge in [0.05, 0.1) is 0 Å². The minimum Gasteiger partial charge on any atom is -0.330 e. The number of nitrogens with two attached hydrogens (primary N) is 1. The minimum absolute atomic E-state index is 0.401. The molecule has 2 nitrogen and oxygen atoms in total. The van der Waals surface area contributed by atoms with Crippen LogP contribution < -0.4 is 5.73 Å². The van der Waals surface area contributed by atoms with Gasteiger partial charge in [-0.3, -0.25) is 4.90 Å². The molecule has 0 bridgehead atoms. The first kappa shape index (κ1) is 14.8. The van der Waals surface area contributed by atoms with Crippen LogP contribution in [0, 0.1) is 11.8 Å². The van der Waals surface area contributed by atoms with Gasteiger partial charge in [-0.2, -0.15) is 0 Å². The number of rotatable bonds is 5. The van der Waals surface area contributed by atoms with E-state index in [0.717, 1.165) is 24.0 Å². The SMILES string of the molecule is CC(c1cccc(Cl)c1)N(C)CC1CCCC1CN. The van der Waals surface area contributed by atoms with Crippen LogP contribution in [0.2, 0.25) is 5.02 Å². The van der Waals surface area contributed by atoms with Crippen molar-refractivity contribution in [1.29, 1.82) is 0 Å². The molecule has 1 aromatic rings. The van der Waals surface area contributed by atoms with Crippen LogP contribution in [0.1, 0.15) is 37.8 Å². The van der Waals surface area contributed by atoms with Crippen molar-refractivity contribution < 1.29 is 0 Å². The first-order chi connectivity index (χ1) is 9.11.